The third kappa shape index (κ3) is 10.6. The Morgan fingerprint density at radius 3 is 1.86 bits per heavy atom. The number of carbonyl (C=O) groups is 2. The van der Waals surface area contributed by atoms with Gasteiger partial charge in [0.25, 0.3) is 10.1 Å². The molecule has 0 spiro atoms. The van der Waals surface area contributed by atoms with Crippen molar-refractivity contribution in [3.63, 3.8) is 0 Å². The van der Waals surface area contributed by atoms with Crippen molar-refractivity contribution in [1.82, 2.24) is 0 Å². The smallest absolute Gasteiger partial charge is 1.00 e. The fourth-order valence-corrected chi connectivity index (χ4v) is 4.43. The summed E-state index contributed by atoms with van der Waals surface area (Å²) in [6.45, 7) is 7.89. The molecule has 3 atom stereocenters. The van der Waals surface area contributed by atoms with Crippen molar-refractivity contribution in [2.24, 2.45) is 11.8 Å². The number of carboxylic acid groups (broad SMARTS) is 1. The van der Waals surface area contributed by atoms with Crippen LogP contribution >= 0.6 is 0 Å². The van der Waals surface area contributed by atoms with Crippen LogP contribution in [0.4, 0.5) is 0 Å². The zero-order chi connectivity index (χ0) is 21.8. The normalized spacial score (nSPS) is 15.6. The van der Waals surface area contributed by atoms with Gasteiger partial charge in [-0.05, 0) is 24.7 Å². The number of unbranched alkanes of at least 4 members (excludes halogenated alkanes) is 2. The number of hydrogen-bond donors (Lipinski definition) is 2. The van der Waals surface area contributed by atoms with Crippen LogP contribution in [-0.4, -0.2) is 41.4 Å². The number of esters is 1. The second-order valence-corrected chi connectivity index (χ2v) is 9.41. The van der Waals surface area contributed by atoms with Gasteiger partial charge in [-0.25, -0.2) is 0 Å². The van der Waals surface area contributed by atoms with Crippen LogP contribution in [0.1, 0.15) is 93.3 Å². The average molecular weight is 447 g/mol. The van der Waals surface area contributed by atoms with E-state index in [1.54, 1.807) is 0 Å². The van der Waals surface area contributed by atoms with Gasteiger partial charge in [-0.3, -0.25) is 14.1 Å². The molecule has 0 aliphatic heterocycles. The van der Waals surface area contributed by atoms with Gasteiger partial charge in [0.05, 0.1) is 13.0 Å². The van der Waals surface area contributed by atoms with Crippen molar-refractivity contribution in [2.75, 3.05) is 6.61 Å². The Bertz CT molecular complexity index is 586. The predicted octanol–water partition coefficient (Wildman–Crippen LogP) is 1.57. The van der Waals surface area contributed by atoms with Crippen molar-refractivity contribution in [1.29, 1.82) is 0 Å². The zero-order valence-electron chi connectivity index (χ0n) is 19.8. The number of carboxylic acids is 1. The SMILES string of the molecule is CCCCC(CC)COC(=O)C(CC(=O)O)(CC(CC)CCCC)S(=O)(=O)O.[H-].[Na+]. The number of aliphatic carboxylic acids is 1. The van der Waals surface area contributed by atoms with E-state index in [-0.39, 0.29) is 55.8 Å². The molecular weight excluding hydrogens is 407 g/mol. The molecule has 0 aliphatic rings. The first-order valence-electron chi connectivity index (χ1n) is 10.4. The Labute approximate surface area is 199 Å². The van der Waals surface area contributed by atoms with Crippen LogP contribution in [0.5, 0.6) is 0 Å². The molecule has 7 nitrogen and oxygen atoms in total. The van der Waals surface area contributed by atoms with Crippen LogP contribution in [0.15, 0.2) is 0 Å². The monoisotopic (exact) mass is 446 g/mol. The Morgan fingerprint density at radius 1 is 1.00 bits per heavy atom. The number of carbonyl (C=O) groups excluding carboxylic acids is 1. The van der Waals surface area contributed by atoms with E-state index in [1.807, 2.05) is 20.8 Å². The van der Waals surface area contributed by atoms with E-state index in [1.165, 1.54) is 0 Å². The summed E-state index contributed by atoms with van der Waals surface area (Å²) in [5.74, 6) is -2.73. The minimum Gasteiger partial charge on any atom is -1.00 e. The first-order valence-corrected chi connectivity index (χ1v) is 11.9. The topological polar surface area (TPSA) is 118 Å². The van der Waals surface area contributed by atoms with Crippen molar-refractivity contribution >= 4 is 22.1 Å². The minimum absolute atomic E-state index is 0. The summed E-state index contributed by atoms with van der Waals surface area (Å²) in [5, 5.41) is 9.28. The third-order valence-corrected chi connectivity index (χ3v) is 6.92. The molecule has 0 fully saturated rings. The van der Waals surface area contributed by atoms with Crippen LogP contribution in [0.3, 0.4) is 0 Å². The van der Waals surface area contributed by atoms with Crippen LogP contribution in [0.25, 0.3) is 0 Å². The van der Waals surface area contributed by atoms with Crippen molar-refractivity contribution < 1.29 is 63.4 Å². The Balaban J connectivity index is -0.00000364. The molecule has 2 N–H and O–H groups in total. The van der Waals surface area contributed by atoms with Gasteiger partial charge in [-0.1, -0.05) is 72.6 Å². The second kappa shape index (κ2) is 15.6. The molecule has 0 aromatic carbocycles. The maximum Gasteiger partial charge on any atom is 1.00 e. The van der Waals surface area contributed by atoms with Gasteiger partial charge < -0.3 is 11.3 Å². The minimum atomic E-state index is -4.98. The molecule has 0 bridgehead atoms. The van der Waals surface area contributed by atoms with E-state index in [9.17, 15) is 27.7 Å². The second-order valence-electron chi connectivity index (χ2n) is 7.68. The third-order valence-electron chi connectivity index (χ3n) is 5.46. The van der Waals surface area contributed by atoms with E-state index in [2.05, 4.69) is 6.92 Å². The summed E-state index contributed by atoms with van der Waals surface area (Å²) in [6.07, 6.45) is 5.27. The quantitative estimate of drug-likeness (QED) is 0.210. The van der Waals surface area contributed by atoms with Gasteiger partial charge in [0.15, 0.2) is 0 Å². The molecule has 0 saturated heterocycles. The van der Waals surface area contributed by atoms with Crippen LogP contribution < -0.4 is 29.6 Å². The number of rotatable bonds is 16. The van der Waals surface area contributed by atoms with E-state index in [0.717, 1.165) is 38.5 Å². The molecule has 9 heteroatoms. The van der Waals surface area contributed by atoms with E-state index in [0.29, 0.717) is 12.8 Å². The summed E-state index contributed by atoms with van der Waals surface area (Å²) in [7, 11) is -4.98. The summed E-state index contributed by atoms with van der Waals surface area (Å²) >= 11 is 0. The maximum atomic E-state index is 12.8. The Morgan fingerprint density at radius 2 is 1.48 bits per heavy atom. The van der Waals surface area contributed by atoms with E-state index in [4.69, 9.17) is 4.74 Å². The Kier molecular flexibility index (Phi) is 16.7. The first kappa shape index (κ1) is 31.0. The van der Waals surface area contributed by atoms with Crippen LogP contribution in [0.2, 0.25) is 0 Å². The van der Waals surface area contributed by atoms with Gasteiger partial charge in [-0.2, -0.15) is 8.42 Å². The van der Waals surface area contributed by atoms with Crippen LogP contribution in [0, 0.1) is 11.8 Å². The zero-order valence-corrected chi connectivity index (χ0v) is 21.6. The van der Waals surface area contributed by atoms with Crippen molar-refractivity contribution in [2.45, 2.75) is 96.7 Å². The van der Waals surface area contributed by atoms with Crippen LogP contribution in [-0.2, 0) is 24.4 Å². The summed E-state index contributed by atoms with van der Waals surface area (Å²) < 4.78 is 37.2. The van der Waals surface area contributed by atoms with Gasteiger partial charge >= 0.3 is 41.5 Å². The fourth-order valence-electron chi connectivity index (χ4n) is 3.41. The maximum absolute atomic E-state index is 12.8. The molecule has 0 saturated carbocycles. The van der Waals surface area contributed by atoms with Gasteiger partial charge in [0.2, 0.25) is 4.75 Å². The molecular formula is C20H39NaO7S. The van der Waals surface area contributed by atoms with E-state index >= 15 is 0 Å². The standard InChI is InChI=1S/C20H38O7S.Na.H/c1-5-9-11-16(7-3)13-20(14-18(21)22,28(24,25)26)19(23)27-15-17(8-4)12-10-6-2;;/h16-17H,5-15H2,1-4H3,(H,21,22)(H,24,25,26);;/q;+1;-1. The van der Waals surface area contributed by atoms with Gasteiger partial charge in [0.1, 0.15) is 0 Å². The van der Waals surface area contributed by atoms with Crippen molar-refractivity contribution in [3.05, 3.63) is 0 Å². The largest absolute Gasteiger partial charge is 1.00 e. The molecule has 29 heavy (non-hydrogen) atoms. The molecule has 0 aromatic rings. The molecule has 0 rings (SSSR count). The summed E-state index contributed by atoms with van der Waals surface area (Å²) in [6, 6.07) is 0. The first-order chi connectivity index (χ1) is 13.1. The molecule has 168 valence electrons. The predicted molar refractivity (Wildman–Crippen MR) is 110 cm³/mol. The average Bonchev–Trinajstić information content (AvgIpc) is 2.62. The Hall–Kier alpha value is -0.150. The van der Waals surface area contributed by atoms with Gasteiger partial charge in [0, 0.05) is 0 Å². The van der Waals surface area contributed by atoms with Crippen molar-refractivity contribution in [3.8, 4) is 0 Å². The van der Waals surface area contributed by atoms with E-state index < -0.39 is 33.2 Å². The number of ether oxygens (including phenoxy) is 1. The van der Waals surface area contributed by atoms with Gasteiger partial charge in [-0.15, -0.1) is 0 Å². The molecule has 0 amide bonds. The molecule has 0 radical (unpaired) electrons. The molecule has 0 aliphatic carbocycles. The number of hydrogen-bond acceptors (Lipinski definition) is 5. The fraction of sp³-hybridized carbons (Fsp3) is 0.900. The summed E-state index contributed by atoms with van der Waals surface area (Å²) in [4.78, 5) is 24.2. The molecule has 3 unspecified atom stereocenters. The molecule has 0 heterocycles. The summed E-state index contributed by atoms with van der Waals surface area (Å²) in [5.41, 5.74) is 0. The molecule has 0 aromatic heterocycles.